The van der Waals surface area contributed by atoms with Crippen LogP contribution >= 0.6 is 11.8 Å². The van der Waals surface area contributed by atoms with E-state index in [1.165, 1.54) is 29.8 Å². The van der Waals surface area contributed by atoms with E-state index in [1.54, 1.807) is 11.8 Å². The molecule has 1 aliphatic rings. The van der Waals surface area contributed by atoms with Gasteiger partial charge in [-0.05, 0) is 43.3 Å². The second-order valence-electron chi connectivity index (χ2n) is 3.42. The Balaban J connectivity index is 2.12. The molecular weight excluding hydrogens is 178 g/mol. The summed E-state index contributed by atoms with van der Waals surface area (Å²) in [5.74, 6) is 0. The standard InChI is InChI=1S/C11H15NS/c1-13-10-6-4-9(5-7-10)11-3-2-8-12-11/h4-7,11-12H,2-3,8H2,1H3/t11-/m1/s1. The van der Waals surface area contributed by atoms with Crippen molar-refractivity contribution in [2.45, 2.75) is 23.8 Å². The lowest BCUT2D eigenvalue weighted by atomic mass is 10.1. The first kappa shape index (κ1) is 9.10. The van der Waals surface area contributed by atoms with E-state index in [1.807, 2.05) is 0 Å². The van der Waals surface area contributed by atoms with Crippen LogP contribution in [0.5, 0.6) is 0 Å². The van der Waals surface area contributed by atoms with Crippen molar-refractivity contribution in [2.75, 3.05) is 12.8 Å². The van der Waals surface area contributed by atoms with Gasteiger partial charge in [-0.1, -0.05) is 12.1 Å². The fraction of sp³-hybridized carbons (Fsp3) is 0.455. The minimum atomic E-state index is 0.607. The third-order valence-electron chi connectivity index (χ3n) is 2.58. The van der Waals surface area contributed by atoms with Crippen molar-refractivity contribution in [3.8, 4) is 0 Å². The lowest BCUT2D eigenvalue weighted by Gasteiger charge is -2.10. The zero-order valence-corrected chi connectivity index (χ0v) is 8.73. The molecule has 0 bridgehead atoms. The first-order valence-corrected chi connectivity index (χ1v) is 6.00. The van der Waals surface area contributed by atoms with Crippen LogP contribution in [0.25, 0.3) is 0 Å². The summed E-state index contributed by atoms with van der Waals surface area (Å²) < 4.78 is 0. The summed E-state index contributed by atoms with van der Waals surface area (Å²) in [6.07, 6.45) is 4.72. The van der Waals surface area contributed by atoms with E-state index in [4.69, 9.17) is 0 Å². The predicted octanol–water partition coefficient (Wildman–Crippen LogP) is 2.83. The maximum atomic E-state index is 3.50. The zero-order valence-electron chi connectivity index (χ0n) is 7.92. The number of thioether (sulfide) groups is 1. The van der Waals surface area contributed by atoms with Gasteiger partial charge in [-0.3, -0.25) is 0 Å². The summed E-state index contributed by atoms with van der Waals surface area (Å²) in [7, 11) is 0. The van der Waals surface area contributed by atoms with E-state index >= 15 is 0 Å². The van der Waals surface area contributed by atoms with Gasteiger partial charge in [0, 0.05) is 10.9 Å². The number of hydrogen-bond acceptors (Lipinski definition) is 2. The largest absolute Gasteiger partial charge is 0.310 e. The highest BCUT2D eigenvalue weighted by atomic mass is 32.2. The number of benzene rings is 1. The summed E-state index contributed by atoms with van der Waals surface area (Å²) in [4.78, 5) is 1.35. The maximum Gasteiger partial charge on any atom is 0.0320 e. The molecule has 1 aromatic rings. The first-order valence-electron chi connectivity index (χ1n) is 4.77. The average molecular weight is 193 g/mol. The minimum absolute atomic E-state index is 0.607. The molecule has 1 heterocycles. The van der Waals surface area contributed by atoms with Gasteiger partial charge in [-0.2, -0.15) is 0 Å². The summed E-state index contributed by atoms with van der Waals surface area (Å²) in [5, 5.41) is 3.50. The number of rotatable bonds is 2. The molecule has 0 radical (unpaired) electrons. The molecule has 1 nitrogen and oxygen atoms in total. The number of nitrogens with one attached hydrogen (secondary N) is 1. The monoisotopic (exact) mass is 193 g/mol. The summed E-state index contributed by atoms with van der Waals surface area (Å²) in [6.45, 7) is 1.18. The second kappa shape index (κ2) is 4.16. The van der Waals surface area contributed by atoms with Crippen LogP contribution in [-0.2, 0) is 0 Å². The van der Waals surface area contributed by atoms with Gasteiger partial charge in [0.05, 0.1) is 0 Å². The van der Waals surface area contributed by atoms with Crippen LogP contribution in [-0.4, -0.2) is 12.8 Å². The van der Waals surface area contributed by atoms with Gasteiger partial charge in [0.2, 0.25) is 0 Å². The first-order chi connectivity index (χ1) is 6.40. The maximum absolute atomic E-state index is 3.50. The SMILES string of the molecule is CSc1ccc([C@H]2CCCN2)cc1. The summed E-state index contributed by atoms with van der Waals surface area (Å²) >= 11 is 1.80. The lowest BCUT2D eigenvalue weighted by molar-refractivity contribution is 0.647. The molecule has 2 rings (SSSR count). The zero-order chi connectivity index (χ0) is 9.10. The molecule has 0 aliphatic carbocycles. The fourth-order valence-corrected chi connectivity index (χ4v) is 2.21. The Morgan fingerprint density at radius 3 is 2.62 bits per heavy atom. The van der Waals surface area contributed by atoms with Crippen molar-refractivity contribution < 1.29 is 0 Å². The van der Waals surface area contributed by atoms with Gasteiger partial charge in [-0.25, -0.2) is 0 Å². The Kier molecular flexibility index (Phi) is 2.91. The molecule has 1 N–H and O–H groups in total. The van der Waals surface area contributed by atoms with Crippen LogP contribution in [0.4, 0.5) is 0 Å². The predicted molar refractivity (Wildman–Crippen MR) is 58.2 cm³/mol. The Labute approximate surface area is 83.9 Å². The topological polar surface area (TPSA) is 12.0 Å². The van der Waals surface area contributed by atoms with Gasteiger partial charge < -0.3 is 5.32 Å². The van der Waals surface area contributed by atoms with Gasteiger partial charge in [0.25, 0.3) is 0 Å². The molecule has 70 valence electrons. The van der Waals surface area contributed by atoms with Crippen molar-refractivity contribution in [3.05, 3.63) is 29.8 Å². The molecule has 0 saturated carbocycles. The van der Waals surface area contributed by atoms with Crippen LogP contribution in [0.3, 0.4) is 0 Å². The van der Waals surface area contributed by atoms with E-state index in [0.29, 0.717) is 6.04 Å². The van der Waals surface area contributed by atoms with Gasteiger partial charge >= 0.3 is 0 Å². The van der Waals surface area contributed by atoms with Crippen LogP contribution in [0.1, 0.15) is 24.4 Å². The van der Waals surface area contributed by atoms with Crippen molar-refractivity contribution in [2.24, 2.45) is 0 Å². The smallest absolute Gasteiger partial charge is 0.0320 e. The van der Waals surface area contributed by atoms with Crippen LogP contribution in [0, 0.1) is 0 Å². The summed E-state index contributed by atoms with van der Waals surface area (Å²) in [6, 6.07) is 9.51. The highest BCUT2D eigenvalue weighted by Gasteiger charge is 2.15. The molecule has 1 fully saturated rings. The van der Waals surface area contributed by atoms with Crippen molar-refractivity contribution in [1.29, 1.82) is 0 Å². The van der Waals surface area contributed by atoms with Crippen molar-refractivity contribution in [1.82, 2.24) is 5.32 Å². The van der Waals surface area contributed by atoms with E-state index in [-0.39, 0.29) is 0 Å². The van der Waals surface area contributed by atoms with Crippen LogP contribution in [0.15, 0.2) is 29.2 Å². The van der Waals surface area contributed by atoms with Crippen LogP contribution in [0.2, 0.25) is 0 Å². The van der Waals surface area contributed by atoms with E-state index in [9.17, 15) is 0 Å². The Bertz CT molecular complexity index is 262. The molecule has 0 amide bonds. The van der Waals surface area contributed by atoms with Crippen molar-refractivity contribution >= 4 is 11.8 Å². The Morgan fingerprint density at radius 1 is 1.31 bits per heavy atom. The second-order valence-corrected chi connectivity index (χ2v) is 4.30. The highest BCUT2D eigenvalue weighted by Crippen LogP contribution is 2.24. The molecule has 0 spiro atoms. The Hall–Kier alpha value is -0.470. The molecule has 1 saturated heterocycles. The fourth-order valence-electron chi connectivity index (χ4n) is 1.81. The third kappa shape index (κ3) is 2.06. The van der Waals surface area contributed by atoms with E-state index < -0.39 is 0 Å². The molecule has 1 aliphatic heterocycles. The van der Waals surface area contributed by atoms with E-state index in [2.05, 4.69) is 35.8 Å². The molecule has 1 aromatic carbocycles. The highest BCUT2D eigenvalue weighted by molar-refractivity contribution is 7.98. The molecule has 1 atom stereocenters. The average Bonchev–Trinajstić information content (AvgIpc) is 2.71. The quantitative estimate of drug-likeness (QED) is 0.725. The summed E-state index contributed by atoms with van der Waals surface area (Å²) in [5.41, 5.74) is 1.44. The Morgan fingerprint density at radius 2 is 2.08 bits per heavy atom. The number of hydrogen-bond donors (Lipinski definition) is 1. The normalized spacial score (nSPS) is 22.1. The van der Waals surface area contributed by atoms with Gasteiger partial charge in [0.1, 0.15) is 0 Å². The van der Waals surface area contributed by atoms with Gasteiger partial charge in [0.15, 0.2) is 0 Å². The molecule has 0 unspecified atom stereocenters. The van der Waals surface area contributed by atoms with Gasteiger partial charge in [-0.15, -0.1) is 11.8 Å². The van der Waals surface area contributed by atoms with Crippen LogP contribution < -0.4 is 5.32 Å². The minimum Gasteiger partial charge on any atom is -0.310 e. The molecule has 0 aromatic heterocycles. The van der Waals surface area contributed by atoms with E-state index in [0.717, 1.165) is 0 Å². The molecule has 13 heavy (non-hydrogen) atoms. The third-order valence-corrected chi connectivity index (χ3v) is 3.32. The van der Waals surface area contributed by atoms with Crippen molar-refractivity contribution in [3.63, 3.8) is 0 Å². The molecule has 2 heteroatoms. The lowest BCUT2D eigenvalue weighted by Crippen LogP contribution is -2.12. The molecular formula is C11H15NS.